The Morgan fingerprint density at radius 3 is 2.75 bits per heavy atom. The molecule has 0 aliphatic carbocycles. The van der Waals surface area contributed by atoms with Crippen molar-refractivity contribution in [1.29, 1.82) is 5.26 Å². The molecule has 5 heteroatoms. The minimum Gasteiger partial charge on any atom is -0.306 e. The van der Waals surface area contributed by atoms with Crippen LogP contribution < -0.4 is 5.32 Å². The van der Waals surface area contributed by atoms with Gasteiger partial charge in [-0.15, -0.1) is 0 Å². The van der Waals surface area contributed by atoms with Crippen molar-refractivity contribution in [1.82, 2.24) is 14.9 Å². The number of benzene rings is 1. The van der Waals surface area contributed by atoms with Crippen molar-refractivity contribution in [2.24, 2.45) is 0 Å². The van der Waals surface area contributed by atoms with Crippen LogP contribution >= 0.6 is 11.6 Å². The zero-order chi connectivity index (χ0) is 14.8. The fraction of sp³-hybridized carbons (Fsp3) is 0.333. The lowest BCUT2D eigenvalue weighted by Gasteiger charge is -2.21. The summed E-state index contributed by atoms with van der Waals surface area (Å²) in [6, 6.07) is 7.43. The summed E-state index contributed by atoms with van der Waals surface area (Å²) in [4.78, 5) is 4.19. The molecule has 0 atom stereocenters. The van der Waals surface area contributed by atoms with E-state index in [1.165, 1.54) is 0 Å². The fourth-order valence-corrected chi connectivity index (χ4v) is 2.00. The third kappa shape index (κ3) is 3.38. The molecule has 0 saturated heterocycles. The Morgan fingerprint density at radius 1 is 1.40 bits per heavy atom. The van der Waals surface area contributed by atoms with Gasteiger partial charge in [-0.05, 0) is 39.0 Å². The Morgan fingerprint density at radius 2 is 2.15 bits per heavy atom. The molecule has 2 rings (SSSR count). The quantitative estimate of drug-likeness (QED) is 0.943. The van der Waals surface area contributed by atoms with Crippen LogP contribution in [0.3, 0.4) is 0 Å². The molecule has 4 nitrogen and oxygen atoms in total. The number of aromatic nitrogens is 2. The van der Waals surface area contributed by atoms with Crippen LogP contribution in [-0.2, 0) is 6.54 Å². The zero-order valence-electron chi connectivity index (χ0n) is 11.8. The SMILES string of the molecule is CC(C)(C)NCc1cncn1-c1ccc(C#N)c(Cl)c1. The van der Waals surface area contributed by atoms with Crippen molar-refractivity contribution < 1.29 is 0 Å². The molecule has 20 heavy (non-hydrogen) atoms. The average molecular weight is 289 g/mol. The molecule has 0 saturated carbocycles. The first-order chi connectivity index (χ1) is 9.40. The normalized spacial score (nSPS) is 11.3. The number of nitriles is 1. The number of halogens is 1. The van der Waals surface area contributed by atoms with Gasteiger partial charge in [-0.3, -0.25) is 0 Å². The topological polar surface area (TPSA) is 53.6 Å². The van der Waals surface area contributed by atoms with Crippen LogP contribution in [0.15, 0.2) is 30.7 Å². The molecular formula is C15H17ClN4. The highest BCUT2D eigenvalue weighted by atomic mass is 35.5. The van der Waals surface area contributed by atoms with E-state index in [-0.39, 0.29) is 5.54 Å². The molecule has 0 aliphatic heterocycles. The number of nitrogens with one attached hydrogen (secondary N) is 1. The summed E-state index contributed by atoms with van der Waals surface area (Å²) in [5.74, 6) is 0. The van der Waals surface area contributed by atoms with Crippen molar-refractivity contribution in [3.8, 4) is 11.8 Å². The highest BCUT2D eigenvalue weighted by Gasteiger charge is 2.12. The predicted molar refractivity (Wildman–Crippen MR) is 79.9 cm³/mol. The summed E-state index contributed by atoms with van der Waals surface area (Å²) in [5, 5.41) is 12.8. The summed E-state index contributed by atoms with van der Waals surface area (Å²) in [7, 11) is 0. The van der Waals surface area contributed by atoms with E-state index in [4.69, 9.17) is 16.9 Å². The largest absolute Gasteiger partial charge is 0.306 e. The van der Waals surface area contributed by atoms with E-state index < -0.39 is 0 Å². The third-order valence-corrected chi connectivity index (χ3v) is 3.18. The minimum absolute atomic E-state index is 0.0391. The molecule has 1 aromatic carbocycles. The maximum atomic E-state index is 8.90. The van der Waals surface area contributed by atoms with E-state index in [1.807, 2.05) is 16.8 Å². The van der Waals surface area contributed by atoms with Crippen LogP contribution in [0.25, 0.3) is 5.69 Å². The molecule has 104 valence electrons. The third-order valence-electron chi connectivity index (χ3n) is 2.87. The monoisotopic (exact) mass is 288 g/mol. The highest BCUT2D eigenvalue weighted by Crippen LogP contribution is 2.21. The maximum Gasteiger partial charge on any atom is 0.101 e. The average Bonchev–Trinajstić information content (AvgIpc) is 2.83. The van der Waals surface area contributed by atoms with Gasteiger partial charge in [0.15, 0.2) is 0 Å². The standard InChI is InChI=1S/C15H17ClN4/c1-15(2,3)19-9-13-8-18-10-20(13)12-5-4-11(7-17)14(16)6-12/h4-6,8,10,19H,9H2,1-3H3. The first kappa shape index (κ1) is 14.6. The van der Waals surface area contributed by atoms with E-state index in [2.05, 4.69) is 37.1 Å². The van der Waals surface area contributed by atoms with E-state index >= 15 is 0 Å². The van der Waals surface area contributed by atoms with E-state index in [9.17, 15) is 0 Å². The van der Waals surface area contributed by atoms with Crippen LogP contribution in [0.4, 0.5) is 0 Å². The predicted octanol–water partition coefficient (Wildman–Crippen LogP) is 3.29. The summed E-state index contributed by atoms with van der Waals surface area (Å²) in [5.41, 5.74) is 2.46. The van der Waals surface area contributed by atoms with Crippen LogP contribution in [0.2, 0.25) is 5.02 Å². The molecule has 1 aromatic heterocycles. The van der Waals surface area contributed by atoms with Gasteiger partial charge in [0, 0.05) is 24.0 Å². The Bertz CT molecular complexity index is 647. The Labute approximate surface area is 124 Å². The van der Waals surface area contributed by atoms with Gasteiger partial charge in [0.05, 0.1) is 22.6 Å². The molecule has 0 unspecified atom stereocenters. The molecule has 2 aromatic rings. The molecule has 1 N–H and O–H groups in total. The van der Waals surface area contributed by atoms with Crippen molar-refractivity contribution in [2.75, 3.05) is 0 Å². The van der Waals surface area contributed by atoms with Crippen LogP contribution in [0.1, 0.15) is 32.0 Å². The van der Waals surface area contributed by atoms with Gasteiger partial charge >= 0.3 is 0 Å². The fourth-order valence-electron chi connectivity index (χ4n) is 1.79. The molecule has 0 amide bonds. The summed E-state index contributed by atoms with van der Waals surface area (Å²) in [6.45, 7) is 7.06. The minimum atomic E-state index is 0.0391. The van der Waals surface area contributed by atoms with Crippen LogP contribution in [-0.4, -0.2) is 15.1 Å². The van der Waals surface area contributed by atoms with E-state index in [0.717, 1.165) is 11.4 Å². The summed E-state index contributed by atoms with van der Waals surface area (Å²) >= 11 is 6.08. The van der Waals surface area contributed by atoms with E-state index in [1.54, 1.807) is 18.5 Å². The first-order valence-electron chi connectivity index (χ1n) is 6.37. The van der Waals surface area contributed by atoms with Gasteiger partial charge in [-0.25, -0.2) is 4.98 Å². The second-order valence-electron chi connectivity index (χ2n) is 5.63. The number of hydrogen-bond acceptors (Lipinski definition) is 3. The van der Waals surface area contributed by atoms with Crippen molar-refractivity contribution in [3.05, 3.63) is 47.0 Å². The molecule has 0 radical (unpaired) electrons. The maximum absolute atomic E-state index is 8.90. The molecule has 0 spiro atoms. The van der Waals surface area contributed by atoms with Gasteiger partial charge in [-0.1, -0.05) is 11.6 Å². The van der Waals surface area contributed by atoms with Gasteiger partial charge in [0.2, 0.25) is 0 Å². The van der Waals surface area contributed by atoms with Crippen molar-refractivity contribution in [3.63, 3.8) is 0 Å². The lowest BCUT2D eigenvalue weighted by atomic mass is 10.1. The molecule has 0 bridgehead atoms. The van der Waals surface area contributed by atoms with Gasteiger partial charge < -0.3 is 9.88 Å². The van der Waals surface area contributed by atoms with Crippen LogP contribution in [0, 0.1) is 11.3 Å². The summed E-state index contributed by atoms with van der Waals surface area (Å²) in [6.07, 6.45) is 3.57. The lowest BCUT2D eigenvalue weighted by Crippen LogP contribution is -2.35. The highest BCUT2D eigenvalue weighted by molar-refractivity contribution is 6.31. The summed E-state index contributed by atoms with van der Waals surface area (Å²) < 4.78 is 1.96. The smallest absolute Gasteiger partial charge is 0.101 e. The zero-order valence-corrected chi connectivity index (χ0v) is 12.6. The number of hydrogen-bond donors (Lipinski definition) is 1. The second-order valence-corrected chi connectivity index (χ2v) is 6.04. The number of nitrogens with zero attached hydrogens (tertiary/aromatic N) is 3. The molecular weight excluding hydrogens is 272 g/mol. The van der Waals surface area contributed by atoms with Crippen molar-refractivity contribution in [2.45, 2.75) is 32.9 Å². The van der Waals surface area contributed by atoms with E-state index in [0.29, 0.717) is 17.1 Å². The second kappa shape index (κ2) is 5.66. The first-order valence-corrected chi connectivity index (χ1v) is 6.75. The van der Waals surface area contributed by atoms with Gasteiger partial charge in [0.25, 0.3) is 0 Å². The number of imidazole rings is 1. The molecule has 1 heterocycles. The van der Waals surface area contributed by atoms with Crippen LogP contribution in [0.5, 0.6) is 0 Å². The van der Waals surface area contributed by atoms with Gasteiger partial charge in [-0.2, -0.15) is 5.26 Å². The number of rotatable bonds is 3. The Hall–Kier alpha value is -1.83. The van der Waals surface area contributed by atoms with Gasteiger partial charge in [0.1, 0.15) is 6.07 Å². The molecule has 0 fully saturated rings. The molecule has 0 aliphatic rings. The van der Waals surface area contributed by atoms with Crippen molar-refractivity contribution >= 4 is 11.6 Å². The lowest BCUT2D eigenvalue weighted by molar-refractivity contribution is 0.419. The Kier molecular flexibility index (Phi) is 4.12. The Balaban J connectivity index is 2.28.